The zero-order valence-electron chi connectivity index (χ0n) is 7.81. The van der Waals surface area contributed by atoms with E-state index in [-0.39, 0.29) is 13.2 Å². The Morgan fingerprint density at radius 3 is 2.31 bits per heavy atom. The number of aliphatic hydroxyl groups is 1. The summed E-state index contributed by atoms with van der Waals surface area (Å²) in [4.78, 5) is 0. The third kappa shape index (κ3) is 8.13. The van der Waals surface area contributed by atoms with Crippen molar-refractivity contribution in [2.75, 3.05) is 26.6 Å². The molecule has 0 aliphatic carbocycles. The maximum absolute atomic E-state index is 10.6. The predicted octanol–water partition coefficient (Wildman–Crippen LogP) is -0.708. The summed E-state index contributed by atoms with van der Waals surface area (Å²) in [5.74, 6) is -2.13. The first kappa shape index (κ1) is 12.8. The predicted molar refractivity (Wildman–Crippen MR) is 44.4 cm³/mol. The Labute approximate surface area is 77.5 Å². The van der Waals surface area contributed by atoms with E-state index in [9.17, 15) is 13.5 Å². The standard InChI is InChI=1S/C6H14O6S/c1-6(7,11-5-4-10-2)12-13(3,8)9/h7H,4-5H2,1-3H3. The minimum atomic E-state index is -3.73. The second-order valence-corrected chi connectivity index (χ2v) is 4.10. The van der Waals surface area contributed by atoms with Crippen LogP contribution in [0.15, 0.2) is 0 Å². The number of methoxy groups -OCH3 is 1. The van der Waals surface area contributed by atoms with Gasteiger partial charge < -0.3 is 14.6 Å². The molecule has 0 radical (unpaired) electrons. The van der Waals surface area contributed by atoms with Gasteiger partial charge in [-0.05, 0) is 0 Å². The fourth-order valence-corrected chi connectivity index (χ4v) is 1.23. The minimum Gasteiger partial charge on any atom is -0.382 e. The molecule has 80 valence electrons. The summed E-state index contributed by atoms with van der Waals surface area (Å²) in [6, 6.07) is 0. The molecule has 1 unspecified atom stereocenters. The lowest BCUT2D eigenvalue weighted by molar-refractivity contribution is -0.307. The second kappa shape index (κ2) is 4.87. The van der Waals surface area contributed by atoms with Crippen molar-refractivity contribution in [2.45, 2.75) is 12.9 Å². The average molecular weight is 214 g/mol. The average Bonchev–Trinajstić information content (AvgIpc) is 1.81. The van der Waals surface area contributed by atoms with Crippen LogP contribution >= 0.6 is 0 Å². The van der Waals surface area contributed by atoms with Gasteiger partial charge in [-0.2, -0.15) is 8.42 Å². The van der Waals surface area contributed by atoms with E-state index in [0.717, 1.165) is 13.2 Å². The highest BCUT2D eigenvalue weighted by molar-refractivity contribution is 7.86. The van der Waals surface area contributed by atoms with Gasteiger partial charge in [0.2, 0.25) is 0 Å². The molecule has 0 aromatic heterocycles. The number of rotatable bonds is 6. The first-order valence-corrected chi connectivity index (χ1v) is 5.34. The summed E-state index contributed by atoms with van der Waals surface area (Å²) in [5.41, 5.74) is 0. The Kier molecular flexibility index (Phi) is 4.79. The first-order valence-electron chi connectivity index (χ1n) is 3.53. The molecule has 0 aromatic rings. The molecule has 0 amide bonds. The molecule has 0 bridgehead atoms. The Balaban J connectivity index is 3.94. The highest BCUT2D eigenvalue weighted by Crippen LogP contribution is 2.10. The quantitative estimate of drug-likeness (QED) is 0.357. The van der Waals surface area contributed by atoms with Crippen LogP contribution in [0.25, 0.3) is 0 Å². The zero-order chi connectivity index (χ0) is 10.5. The Morgan fingerprint density at radius 2 is 1.92 bits per heavy atom. The molecule has 0 spiro atoms. The summed E-state index contributed by atoms with van der Waals surface area (Å²) in [6.07, 6.45) is 0.821. The SMILES string of the molecule is COCCOC(C)(O)OS(C)(=O)=O. The van der Waals surface area contributed by atoms with E-state index in [2.05, 4.69) is 13.7 Å². The number of ether oxygens (including phenoxy) is 2. The molecule has 0 heterocycles. The van der Waals surface area contributed by atoms with E-state index in [1.54, 1.807) is 0 Å². The van der Waals surface area contributed by atoms with Crippen molar-refractivity contribution in [3.05, 3.63) is 0 Å². The fraction of sp³-hybridized carbons (Fsp3) is 1.00. The van der Waals surface area contributed by atoms with Crippen LogP contribution in [0.3, 0.4) is 0 Å². The van der Waals surface area contributed by atoms with Crippen molar-refractivity contribution in [1.29, 1.82) is 0 Å². The van der Waals surface area contributed by atoms with Gasteiger partial charge in [-0.25, -0.2) is 4.18 Å². The van der Waals surface area contributed by atoms with Crippen molar-refractivity contribution in [1.82, 2.24) is 0 Å². The topological polar surface area (TPSA) is 82.1 Å². The Bertz CT molecular complexity index is 232. The van der Waals surface area contributed by atoms with Crippen LogP contribution in [0.1, 0.15) is 6.92 Å². The second-order valence-electron chi connectivity index (χ2n) is 2.53. The van der Waals surface area contributed by atoms with Gasteiger partial charge in [0.15, 0.2) is 0 Å². The maximum Gasteiger partial charge on any atom is 0.292 e. The molecule has 0 aliphatic rings. The molecule has 0 aromatic carbocycles. The lowest BCUT2D eigenvalue weighted by Crippen LogP contribution is -2.35. The van der Waals surface area contributed by atoms with Crippen LogP contribution in [-0.2, 0) is 23.8 Å². The van der Waals surface area contributed by atoms with Crippen molar-refractivity contribution >= 4 is 10.1 Å². The first-order chi connectivity index (χ1) is 5.77. The van der Waals surface area contributed by atoms with Crippen LogP contribution in [0.4, 0.5) is 0 Å². The van der Waals surface area contributed by atoms with Crippen molar-refractivity contribution < 1.29 is 27.2 Å². The zero-order valence-corrected chi connectivity index (χ0v) is 8.63. The molecule has 0 saturated carbocycles. The minimum absolute atomic E-state index is 0.0407. The summed E-state index contributed by atoms with van der Waals surface area (Å²) in [5, 5.41) is 9.20. The highest BCUT2D eigenvalue weighted by Gasteiger charge is 2.27. The monoisotopic (exact) mass is 214 g/mol. The number of hydrogen-bond donors (Lipinski definition) is 1. The smallest absolute Gasteiger partial charge is 0.292 e. The summed E-state index contributed by atoms with van der Waals surface area (Å²) >= 11 is 0. The summed E-state index contributed by atoms with van der Waals surface area (Å²) in [6.45, 7) is 1.37. The molecule has 1 N–H and O–H groups in total. The summed E-state index contributed by atoms with van der Waals surface area (Å²) < 4.78 is 34.7. The van der Waals surface area contributed by atoms with Crippen LogP contribution in [-0.4, -0.2) is 46.1 Å². The molecular formula is C6H14O6S. The van der Waals surface area contributed by atoms with Gasteiger partial charge in [-0.1, -0.05) is 0 Å². The molecule has 1 atom stereocenters. The van der Waals surface area contributed by atoms with Crippen LogP contribution in [0, 0.1) is 0 Å². The molecule has 0 aliphatic heterocycles. The van der Waals surface area contributed by atoms with Crippen LogP contribution in [0.5, 0.6) is 0 Å². The molecule has 0 fully saturated rings. The van der Waals surface area contributed by atoms with Gasteiger partial charge in [0.25, 0.3) is 16.1 Å². The maximum atomic E-state index is 10.6. The van der Waals surface area contributed by atoms with E-state index in [4.69, 9.17) is 0 Å². The van der Waals surface area contributed by atoms with Gasteiger partial charge >= 0.3 is 0 Å². The van der Waals surface area contributed by atoms with Crippen molar-refractivity contribution in [2.24, 2.45) is 0 Å². The highest BCUT2D eigenvalue weighted by atomic mass is 32.2. The van der Waals surface area contributed by atoms with Gasteiger partial charge in [0.05, 0.1) is 19.5 Å². The van der Waals surface area contributed by atoms with E-state index in [1.165, 1.54) is 7.11 Å². The van der Waals surface area contributed by atoms with Gasteiger partial charge in [0, 0.05) is 14.0 Å². The molecule has 0 rings (SSSR count). The van der Waals surface area contributed by atoms with Crippen molar-refractivity contribution in [3.63, 3.8) is 0 Å². The molecule has 7 heteroatoms. The molecule has 6 nitrogen and oxygen atoms in total. The van der Waals surface area contributed by atoms with E-state index >= 15 is 0 Å². The van der Waals surface area contributed by atoms with Gasteiger partial charge in [-0.15, -0.1) is 0 Å². The lowest BCUT2D eigenvalue weighted by atomic mass is 10.6. The largest absolute Gasteiger partial charge is 0.382 e. The Hall–Kier alpha value is -0.210. The third-order valence-electron chi connectivity index (χ3n) is 0.963. The summed E-state index contributed by atoms with van der Waals surface area (Å²) in [7, 11) is -2.28. The van der Waals surface area contributed by atoms with E-state index in [0.29, 0.717) is 0 Å². The molecular weight excluding hydrogens is 200 g/mol. The van der Waals surface area contributed by atoms with Crippen molar-refractivity contribution in [3.8, 4) is 0 Å². The third-order valence-corrected chi connectivity index (χ3v) is 1.58. The van der Waals surface area contributed by atoms with Crippen LogP contribution in [0.2, 0.25) is 0 Å². The lowest BCUT2D eigenvalue weighted by Gasteiger charge is -2.21. The molecule has 13 heavy (non-hydrogen) atoms. The Morgan fingerprint density at radius 1 is 1.38 bits per heavy atom. The van der Waals surface area contributed by atoms with Gasteiger partial charge in [0.1, 0.15) is 0 Å². The fourth-order valence-electron chi connectivity index (χ4n) is 0.619. The normalized spacial score (nSPS) is 16.9. The number of hydrogen-bond acceptors (Lipinski definition) is 6. The van der Waals surface area contributed by atoms with E-state index in [1.807, 2.05) is 0 Å². The van der Waals surface area contributed by atoms with E-state index < -0.39 is 16.1 Å². The molecule has 0 saturated heterocycles. The van der Waals surface area contributed by atoms with Gasteiger partial charge in [-0.3, -0.25) is 0 Å². The van der Waals surface area contributed by atoms with Crippen LogP contribution < -0.4 is 0 Å².